The Morgan fingerprint density at radius 2 is 1.89 bits per heavy atom. The minimum absolute atomic E-state index is 0.173. The molecule has 100 valence electrons. The molecule has 3 N–H and O–H groups in total. The lowest BCUT2D eigenvalue weighted by atomic mass is 10.1. The van der Waals surface area contributed by atoms with Crippen molar-refractivity contribution < 1.29 is 4.39 Å². The minimum atomic E-state index is -0.173. The molecule has 1 aromatic heterocycles. The van der Waals surface area contributed by atoms with Crippen molar-refractivity contribution in [2.75, 3.05) is 11.1 Å². The van der Waals surface area contributed by atoms with Gasteiger partial charge in [-0.05, 0) is 30.5 Å². The zero-order valence-corrected chi connectivity index (χ0v) is 11.4. The van der Waals surface area contributed by atoms with Gasteiger partial charge in [0.05, 0.1) is 0 Å². The molecule has 4 nitrogen and oxygen atoms in total. The molecular formula is C13H14ClFN4. The molecule has 1 aromatic carbocycles. The number of aromatic nitrogens is 2. The molecule has 0 bridgehead atoms. The van der Waals surface area contributed by atoms with Gasteiger partial charge in [0.25, 0.3) is 0 Å². The molecule has 0 aliphatic heterocycles. The van der Waals surface area contributed by atoms with E-state index in [0.717, 1.165) is 5.56 Å². The first kappa shape index (κ1) is 13.5. The number of anilines is 2. The van der Waals surface area contributed by atoms with Gasteiger partial charge in [-0.2, -0.15) is 0 Å². The Morgan fingerprint density at radius 3 is 2.53 bits per heavy atom. The molecule has 0 aliphatic carbocycles. The van der Waals surface area contributed by atoms with Crippen LogP contribution in [0.2, 0.25) is 5.02 Å². The van der Waals surface area contributed by atoms with E-state index in [1.807, 2.05) is 0 Å². The Kier molecular flexibility index (Phi) is 3.85. The maximum atomic E-state index is 13.5. The molecule has 0 atom stereocenters. The number of hydrogen-bond acceptors (Lipinski definition) is 4. The maximum absolute atomic E-state index is 13.5. The van der Waals surface area contributed by atoms with Crippen molar-refractivity contribution in [3.8, 4) is 0 Å². The Balaban J connectivity index is 2.17. The number of hydrogen-bond donors (Lipinski definition) is 2. The number of nitrogens with zero attached hydrogens (tertiary/aromatic N) is 2. The Morgan fingerprint density at radius 1 is 1.26 bits per heavy atom. The molecule has 0 saturated carbocycles. The summed E-state index contributed by atoms with van der Waals surface area (Å²) in [5.74, 6) is 0.521. The van der Waals surface area contributed by atoms with Crippen LogP contribution in [0, 0.1) is 19.7 Å². The van der Waals surface area contributed by atoms with Crippen molar-refractivity contribution in [1.29, 1.82) is 0 Å². The van der Waals surface area contributed by atoms with Gasteiger partial charge < -0.3 is 11.1 Å². The summed E-state index contributed by atoms with van der Waals surface area (Å²) >= 11 is 5.97. The molecule has 0 unspecified atom stereocenters. The first-order valence-electron chi connectivity index (χ1n) is 5.74. The number of aryl methyl sites for hydroxylation is 2. The fraction of sp³-hybridized carbons (Fsp3) is 0.231. The number of nitrogens with two attached hydrogens (primary N) is 1. The molecule has 0 aliphatic rings. The predicted octanol–water partition coefficient (Wildman–Crippen LogP) is 3.08. The van der Waals surface area contributed by atoms with Crippen LogP contribution < -0.4 is 11.1 Å². The first-order chi connectivity index (χ1) is 8.99. The Labute approximate surface area is 115 Å². The Hall–Kier alpha value is -1.88. The lowest BCUT2D eigenvalue weighted by Crippen LogP contribution is -2.05. The van der Waals surface area contributed by atoms with Gasteiger partial charge in [-0.1, -0.05) is 23.7 Å². The largest absolute Gasteiger partial charge is 0.382 e. The highest BCUT2D eigenvalue weighted by Gasteiger charge is 2.08. The van der Waals surface area contributed by atoms with Gasteiger partial charge in [-0.15, -0.1) is 0 Å². The van der Waals surface area contributed by atoms with Crippen LogP contribution in [0.5, 0.6) is 0 Å². The zero-order valence-electron chi connectivity index (χ0n) is 10.7. The third-order valence-corrected chi connectivity index (χ3v) is 3.15. The van der Waals surface area contributed by atoms with Crippen LogP contribution in [0.25, 0.3) is 0 Å². The molecule has 0 saturated heterocycles. The number of benzene rings is 1. The minimum Gasteiger partial charge on any atom is -0.382 e. The van der Waals surface area contributed by atoms with Crippen LogP contribution in [-0.2, 0) is 6.54 Å². The molecular weight excluding hydrogens is 267 g/mol. The summed E-state index contributed by atoms with van der Waals surface area (Å²) < 4.78 is 13.5. The summed E-state index contributed by atoms with van der Waals surface area (Å²) in [5, 5.41) is 3.35. The van der Waals surface area contributed by atoms with Crippen LogP contribution in [0.4, 0.5) is 16.0 Å². The molecule has 0 amide bonds. The summed E-state index contributed by atoms with van der Waals surface area (Å²) in [5.41, 5.74) is 7.77. The SMILES string of the molecule is Cc1cc(CNc2ncnc(N)c2Cl)cc(C)c1F. The molecule has 2 aromatic rings. The van der Waals surface area contributed by atoms with Gasteiger partial charge in [-0.25, -0.2) is 14.4 Å². The smallest absolute Gasteiger partial charge is 0.150 e. The molecule has 0 fully saturated rings. The summed E-state index contributed by atoms with van der Waals surface area (Å²) in [6.45, 7) is 3.96. The zero-order chi connectivity index (χ0) is 14.0. The van der Waals surface area contributed by atoms with Crippen molar-refractivity contribution in [3.63, 3.8) is 0 Å². The number of halogens is 2. The third-order valence-electron chi connectivity index (χ3n) is 2.77. The lowest BCUT2D eigenvalue weighted by Gasteiger charge is -2.10. The van der Waals surface area contributed by atoms with E-state index < -0.39 is 0 Å². The second-order valence-electron chi connectivity index (χ2n) is 4.32. The highest BCUT2D eigenvalue weighted by molar-refractivity contribution is 6.35. The van der Waals surface area contributed by atoms with Crippen LogP contribution >= 0.6 is 11.6 Å². The molecule has 6 heteroatoms. The normalized spacial score (nSPS) is 10.5. The summed E-state index contributed by atoms with van der Waals surface area (Å²) in [6.07, 6.45) is 1.34. The van der Waals surface area contributed by atoms with Gasteiger partial charge in [0.1, 0.15) is 23.0 Å². The fourth-order valence-electron chi connectivity index (χ4n) is 1.83. The number of nitrogens with one attached hydrogen (secondary N) is 1. The van der Waals surface area contributed by atoms with E-state index in [9.17, 15) is 4.39 Å². The van der Waals surface area contributed by atoms with E-state index in [4.69, 9.17) is 17.3 Å². The van der Waals surface area contributed by atoms with Crippen molar-refractivity contribution in [2.45, 2.75) is 20.4 Å². The molecule has 2 rings (SSSR count). The molecule has 0 spiro atoms. The first-order valence-corrected chi connectivity index (χ1v) is 6.12. The standard InChI is InChI=1S/C13H14ClFN4/c1-7-3-9(4-8(2)11(7)15)5-17-13-10(14)12(16)18-6-19-13/h3-4,6H,5H2,1-2H3,(H3,16,17,18,19). The average Bonchev–Trinajstić information content (AvgIpc) is 2.37. The molecule has 1 heterocycles. The van der Waals surface area contributed by atoms with Crippen LogP contribution in [0.15, 0.2) is 18.5 Å². The summed E-state index contributed by atoms with van der Waals surface area (Å²) in [4.78, 5) is 7.79. The van der Waals surface area contributed by atoms with Gasteiger partial charge in [-0.3, -0.25) is 0 Å². The third kappa shape index (κ3) is 2.93. The number of rotatable bonds is 3. The van der Waals surface area contributed by atoms with Crippen molar-refractivity contribution >= 4 is 23.2 Å². The van der Waals surface area contributed by atoms with Crippen molar-refractivity contribution in [1.82, 2.24) is 9.97 Å². The molecule has 0 radical (unpaired) electrons. The van der Waals surface area contributed by atoms with E-state index in [-0.39, 0.29) is 16.7 Å². The highest BCUT2D eigenvalue weighted by atomic mass is 35.5. The van der Waals surface area contributed by atoms with E-state index in [2.05, 4.69) is 15.3 Å². The second kappa shape index (κ2) is 5.40. The van der Waals surface area contributed by atoms with Crippen LogP contribution in [0.3, 0.4) is 0 Å². The summed E-state index contributed by atoms with van der Waals surface area (Å²) in [6, 6.07) is 3.57. The predicted molar refractivity (Wildman–Crippen MR) is 74.7 cm³/mol. The van der Waals surface area contributed by atoms with Crippen LogP contribution in [0.1, 0.15) is 16.7 Å². The monoisotopic (exact) mass is 280 g/mol. The lowest BCUT2D eigenvalue weighted by molar-refractivity contribution is 0.608. The van der Waals surface area contributed by atoms with Gasteiger partial charge in [0.15, 0.2) is 5.82 Å². The van der Waals surface area contributed by atoms with E-state index in [1.54, 1.807) is 26.0 Å². The van der Waals surface area contributed by atoms with E-state index >= 15 is 0 Å². The maximum Gasteiger partial charge on any atom is 0.150 e. The fourth-order valence-corrected chi connectivity index (χ4v) is 1.99. The Bertz CT molecular complexity index is 593. The van der Waals surface area contributed by atoms with Crippen LogP contribution in [-0.4, -0.2) is 9.97 Å². The van der Waals surface area contributed by atoms with Gasteiger partial charge in [0.2, 0.25) is 0 Å². The van der Waals surface area contributed by atoms with E-state index in [0.29, 0.717) is 23.5 Å². The molecule has 19 heavy (non-hydrogen) atoms. The topological polar surface area (TPSA) is 63.8 Å². The summed E-state index contributed by atoms with van der Waals surface area (Å²) in [7, 11) is 0. The second-order valence-corrected chi connectivity index (χ2v) is 4.70. The van der Waals surface area contributed by atoms with Crippen molar-refractivity contribution in [2.24, 2.45) is 0 Å². The number of nitrogen functional groups attached to an aromatic ring is 1. The highest BCUT2D eigenvalue weighted by Crippen LogP contribution is 2.24. The average molecular weight is 281 g/mol. The van der Waals surface area contributed by atoms with E-state index in [1.165, 1.54) is 6.33 Å². The van der Waals surface area contributed by atoms with Gasteiger partial charge in [0, 0.05) is 6.54 Å². The quantitative estimate of drug-likeness (QED) is 0.907. The van der Waals surface area contributed by atoms with Crippen molar-refractivity contribution in [3.05, 3.63) is 46.0 Å². The van der Waals surface area contributed by atoms with Gasteiger partial charge >= 0.3 is 0 Å².